The highest BCUT2D eigenvalue weighted by Gasteiger charge is 2.55. The van der Waals surface area contributed by atoms with Crippen LogP contribution in [-0.4, -0.2) is 41.7 Å². The zero-order chi connectivity index (χ0) is 22.2. The third kappa shape index (κ3) is 3.65. The maximum absolute atomic E-state index is 13.1. The van der Waals surface area contributed by atoms with Crippen LogP contribution in [0, 0.1) is 13.8 Å². The van der Waals surface area contributed by atoms with E-state index >= 15 is 0 Å². The normalized spacial score (nSPS) is 19.4. The van der Waals surface area contributed by atoms with Crippen LogP contribution in [0.4, 0.5) is 10.5 Å². The molecule has 8 heteroatoms. The van der Waals surface area contributed by atoms with Gasteiger partial charge in [0, 0.05) is 5.69 Å². The Morgan fingerprint density at radius 2 is 1.74 bits per heavy atom. The number of para-hydroxylation sites is 1. The number of rotatable bonds is 5. The lowest BCUT2D eigenvalue weighted by Crippen LogP contribution is -2.44. The highest BCUT2D eigenvalue weighted by molar-refractivity contribution is 6.10. The first-order valence-corrected chi connectivity index (χ1v) is 10.2. The summed E-state index contributed by atoms with van der Waals surface area (Å²) >= 11 is 0. The van der Waals surface area contributed by atoms with Crippen molar-refractivity contribution in [3.63, 3.8) is 0 Å². The highest BCUT2D eigenvalue weighted by Crippen LogP contribution is 2.41. The quantitative estimate of drug-likeness (QED) is 0.641. The van der Waals surface area contributed by atoms with Gasteiger partial charge in [-0.15, -0.1) is 0 Å². The molecule has 0 radical (unpaired) electrons. The number of fused-ring (bicyclic) bond motifs is 2. The van der Waals surface area contributed by atoms with Crippen LogP contribution >= 0.6 is 0 Å². The van der Waals surface area contributed by atoms with Gasteiger partial charge in [0.25, 0.3) is 5.91 Å². The van der Waals surface area contributed by atoms with Crippen molar-refractivity contribution in [1.82, 2.24) is 15.5 Å². The van der Waals surface area contributed by atoms with Gasteiger partial charge in [0.1, 0.15) is 12.1 Å². The predicted molar refractivity (Wildman–Crippen MR) is 114 cm³/mol. The summed E-state index contributed by atoms with van der Waals surface area (Å²) in [6.07, 6.45) is 1.15. The van der Waals surface area contributed by atoms with E-state index in [0.717, 1.165) is 27.2 Å². The van der Waals surface area contributed by atoms with Gasteiger partial charge in [0.05, 0.1) is 6.54 Å². The van der Waals surface area contributed by atoms with E-state index in [1.165, 1.54) is 0 Å². The minimum Gasteiger partial charge on any atom is -0.345 e. The summed E-state index contributed by atoms with van der Waals surface area (Å²) in [7, 11) is 0. The Morgan fingerprint density at radius 3 is 2.48 bits per heavy atom. The van der Waals surface area contributed by atoms with Gasteiger partial charge >= 0.3 is 6.03 Å². The molecule has 0 unspecified atom stereocenters. The molecule has 2 aromatic carbocycles. The van der Waals surface area contributed by atoms with Gasteiger partial charge < -0.3 is 16.0 Å². The van der Waals surface area contributed by atoms with Crippen molar-refractivity contribution in [1.29, 1.82) is 0 Å². The number of benzene rings is 2. The van der Waals surface area contributed by atoms with Crippen molar-refractivity contribution in [2.45, 2.75) is 32.2 Å². The van der Waals surface area contributed by atoms with E-state index in [9.17, 15) is 19.2 Å². The predicted octanol–water partition coefficient (Wildman–Crippen LogP) is 1.75. The third-order valence-corrected chi connectivity index (χ3v) is 5.92. The average Bonchev–Trinajstić information content (AvgIpc) is 3.23. The second kappa shape index (κ2) is 7.86. The first-order chi connectivity index (χ1) is 14.8. The lowest BCUT2D eigenvalue weighted by molar-refractivity contribution is -0.135. The molecular weight excluding hydrogens is 396 g/mol. The number of imide groups is 1. The van der Waals surface area contributed by atoms with Crippen LogP contribution in [0.5, 0.6) is 0 Å². The Bertz CT molecular complexity index is 1080. The Kier molecular flexibility index (Phi) is 5.22. The number of nitrogens with zero attached hydrogens (tertiary/aromatic N) is 1. The van der Waals surface area contributed by atoms with E-state index in [4.69, 9.17) is 0 Å². The second-order valence-corrected chi connectivity index (χ2v) is 7.98. The fourth-order valence-corrected chi connectivity index (χ4v) is 4.31. The molecule has 3 N–H and O–H groups in total. The second-order valence-electron chi connectivity index (χ2n) is 7.98. The maximum atomic E-state index is 13.1. The molecular formula is C23H24N4O4. The van der Waals surface area contributed by atoms with E-state index in [-0.39, 0.29) is 12.5 Å². The molecule has 1 atom stereocenters. The summed E-state index contributed by atoms with van der Waals surface area (Å²) < 4.78 is 0. The largest absolute Gasteiger partial charge is 0.345 e. The van der Waals surface area contributed by atoms with Crippen LogP contribution < -0.4 is 16.0 Å². The van der Waals surface area contributed by atoms with Gasteiger partial charge in [-0.05, 0) is 48.9 Å². The van der Waals surface area contributed by atoms with Crippen molar-refractivity contribution in [3.8, 4) is 0 Å². The number of aryl methyl sites for hydroxylation is 3. The molecule has 2 aliphatic rings. The van der Waals surface area contributed by atoms with Gasteiger partial charge in [-0.2, -0.15) is 0 Å². The summed E-state index contributed by atoms with van der Waals surface area (Å²) in [6, 6.07) is 12.6. The van der Waals surface area contributed by atoms with E-state index in [0.29, 0.717) is 18.5 Å². The van der Waals surface area contributed by atoms with Gasteiger partial charge in [-0.1, -0.05) is 42.5 Å². The van der Waals surface area contributed by atoms with Crippen LogP contribution in [0.1, 0.15) is 28.7 Å². The van der Waals surface area contributed by atoms with Crippen molar-refractivity contribution in [2.75, 3.05) is 18.4 Å². The minimum absolute atomic E-state index is 0.260. The van der Waals surface area contributed by atoms with Crippen LogP contribution in [0.2, 0.25) is 0 Å². The zero-order valence-electron chi connectivity index (χ0n) is 17.5. The SMILES string of the molecule is Cc1cccc(C)c1NC(=O)CNC(=O)CN1C(=O)N[C@@]2(CCc3ccccc32)C1=O. The molecule has 1 aliphatic carbocycles. The van der Waals surface area contributed by atoms with Gasteiger partial charge in [0.2, 0.25) is 11.8 Å². The van der Waals surface area contributed by atoms with E-state index in [1.807, 2.05) is 56.3 Å². The Balaban J connectivity index is 1.37. The molecule has 0 aromatic heterocycles. The van der Waals surface area contributed by atoms with Crippen LogP contribution in [0.3, 0.4) is 0 Å². The maximum Gasteiger partial charge on any atom is 0.325 e. The number of hydrogen-bond acceptors (Lipinski definition) is 4. The number of carbonyl (C=O) groups is 4. The fourth-order valence-electron chi connectivity index (χ4n) is 4.31. The van der Waals surface area contributed by atoms with Crippen LogP contribution in [-0.2, 0) is 26.3 Å². The van der Waals surface area contributed by atoms with Crippen LogP contribution in [0.25, 0.3) is 0 Å². The summed E-state index contributed by atoms with van der Waals surface area (Å²) in [5.41, 5.74) is 3.24. The van der Waals surface area contributed by atoms with E-state index in [1.54, 1.807) is 0 Å². The standard InChI is InChI=1S/C23H24N4O4/c1-14-6-5-7-15(2)20(14)25-18(28)12-24-19(29)13-27-21(30)23(26-22(27)31)11-10-16-8-3-4-9-17(16)23/h3-9H,10-13H2,1-2H3,(H,24,29)(H,25,28)(H,26,31)/t23-/m1/s1. The average molecular weight is 420 g/mol. The number of nitrogens with one attached hydrogen (secondary N) is 3. The van der Waals surface area contributed by atoms with Crippen molar-refractivity contribution in [3.05, 3.63) is 64.7 Å². The monoisotopic (exact) mass is 420 g/mol. The third-order valence-electron chi connectivity index (χ3n) is 5.92. The molecule has 5 amide bonds. The molecule has 1 spiro atoms. The molecule has 31 heavy (non-hydrogen) atoms. The Labute approximate surface area is 180 Å². The molecule has 8 nitrogen and oxygen atoms in total. The first-order valence-electron chi connectivity index (χ1n) is 10.2. The number of urea groups is 1. The Morgan fingerprint density at radius 1 is 1.03 bits per heavy atom. The molecule has 4 rings (SSSR count). The van der Waals surface area contributed by atoms with Crippen molar-refractivity contribution in [2.24, 2.45) is 0 Å². The molecule has 0 saturated carbocycles. The number of anilines is 1. The summed E-state index contributed by atoms with van der Waals surface area (Å²) in [4.78, 5) is 51.1. The lowest BCUT2D eigenvalue weighted by atomic mass is 9.92. The van der Waals surface area contributed by atoms with Gasteiger partial charge in [0.15, 0.2) is 0 Å². The molecule has 1 heterocycles. The molecule has 1 aliphatic heterocycles. The van der Waals surface area contributed by atoms with E-state index in [2.05, 4.69) is 16.0 Å². The summed E-state index contributed by atoms with van der Waals surface area (Å²) in [5.74, 6) is -1.40. The minimum atomic E-state index is -1.10. The summed E-state index contributed by atoms with van der Waals surface area (Å²) in [6.45, 7) is 3.07. The molecule has 2 aromatic rings. The van der Waals surface area contributed by atoms with Gasteiger partial charge in [-0.3, -0.25) is 19.3 Å². The van der Waals surface area contributed by atoms with Crippen molar-refractivity contribution < 1.29 is 19.2 Å². The molecule has 1 saturated heterocycles. The smallest absolute Gasteiger partial charge is 0.325 e. The topological polar surface area (TPSA) is 108 Å². The first kappa shape index (κ1) is 20.6. The molecule has 1 fully saturated rings. The molecule has 0 bridgehead atoms. The lowest BCUT2D eigenvalue weighted by Gasteiger charge is -2.22. The van der Waals surface area contributed by atoms with Crippen molar-refractivity contribution >= 4 is 29.4 Å². The van der Waals surface area contributed by atoms with Gasteiger partial charge in [-0.25, -0.2) is 4.79 Å². The highest BCUT2D eigenvalue weighted by atomic mass is 16.2. The number of amides is 5. The zero-order valence-corrected chi connectivity index (χ0v) is 17.5. The molecule has 160 valence electrons. The fraction of sp³-hybridized carbons (Fsp3) is 0.304. The summed E-state index contributed by atoms with van der Waals surface area (Å²) in [5, 5.41) is 8.04. The van der Waals surface area contributed by atoms with Crippen LogP contribution in [0.15, 0.2) is 42.5 Å². The number of hydrogen-bond donors (Lipinski definition) is 3. The van der Waals surface area contributed by atoms with E-state index < -0.39 is 29.9 Å². The Hall–Kier alpha value is -3.68. The number of carbonyl (C=O) groups excluding carboxylic acids is 4.